The lowest BCUT2D eigenvalue weighted by Crippen LogP contribution is -2.41. The molecule has 112 valence electrons. The molecule has 6 heteroatoms. The topological polar surface area (TPSA) is 56.1 Å². The van der Waals surface area contributed by atoms with Gasteiger partial charge in [-0.15, -0.1) is 0 Å². The molecule has 1 saturated heterocycles. The lowest BCUT2D eigenvalue weighted by molar-refractivity contribution is -0.121. The first-order valence-electron chi connectivity index (χ1n) is 6.95. The van der Waals surface area contributed by atoms with Gasteiger partial charge in [0.25, 0.3) is 0 Å². The molecule has 1 unspecified atom stereocenters. The van der Waals surface area contributed by atoms with Crippen molar-refractivity contribution in [2.24, 2.45) is 5.92 Å². The van der Waals surface area contributed by atoms with Crippen molar-refractivity contribution in [3.8, 4) is 6.07 Å². The van der Waals surface area contributed by atoms with Crippen molar-refractivity contribution < 1.29 is 4.79 Å². The number of piperidine rings is 1. The maximum atomic E-state index is 12.3. The molecule has 1 aromatic carbocycles. The van der Waals surface area contributed by atoms with Gasteiger partial charge in [0.2, 0.25) is 5.91 Å². The van der Waals surface area contributed by atoms with E-state index in [0.717, 1.165) is 25.9 Å². The Morgan fingerprint density at radius 2 is 2.29 bits per heavy atom. The Morgan fingerprint density at radius 3 is 3.00 bits per heavy atom. The molecule has 4 nitrogen and oxygen atoms in total. The molecule has 0 aliphatic carbocycles. The van der Waals surface area contributed by atoms with Crippen molar-refractivity contribution in [3.63, 3.8) is 0 Å². The van der Waals surface area contributed by atoms with Gasteiger partial charge in [-0.3, -0.25) is 4.79 Å². The second-order valence-corrected chi connectivity index (χ2v) is 6.00. The van der Waals surface area contributed by atoms with Crippen LogP contribution in [-0.2, 0) is 4.79 Å². The van der Waals surface area contributed by atoms with Crippen LogP contribution in [0.3, 0.4) is 0 Å². The van der Waals surface area contributed by atoms with Gasteiger partial charge in [-0.05, 0) is 37.6 Å². The van der Waals surface area contributed by atoms with Crippen LogP contribution in [0.4, 0.5) is 5.69 Å². The fourth-order valence-corrected chi connectivity index (χ4v) is 2.96. The third-order valence-electron chi connectivity index (χ3n) is 3.61. The van der Waals surface area contributed by atoms with E-state index in [1.807, 2.05) is 0 Å². The highest BCUT2D eigenvalue weighted by Crippen LogP contribution is 2.27. The summed E-state index contributed by atoms with van der Waals surface area (Å²) in [6, 6.07) is 7.15. The van der Waals surface area contributed by atoms with Gasteiger partial charge < -0.3 is 10.2 Å². The minimum Gasteiger partial charge on any atom is -0.324 e. The Hall–Kier alpha value is -1.28. The van der Waals surface area contributed by atoms with Crippen LogP contribution in [-0.4, -0.2) is 30.4 Å². The summed E-state index contributed by atoms with van der Waals surface area (Å²) in [5.74, 6) is -0.0925. The van der Waals surface area contributed by atoms with E-state index in [4.69, 9.17) is 28.5 Å². The van der Waals surface area contributed by atoms with Gasteiger partial charge in [-0.1, -0.05) is 23.2 Å². The standard InChI is InChI=1S/C15H17Cl2N3O/c16-12-4-5-14(13(17)9-12)19-15(21)11-3-1-7-20(10-11)8-2-6-18/h4-5,9,11H,1-3,7-8,10H2,(H,19,21). The third-order valence-corrected chi connectivity index (χ3v) is 4.15. The number of anilines is 1. The summed E-state index contributed by atoms with van der Waals surface area (Å²) >= 11 is 11.9. The van der Waals surface area contributed by atoms with E-state index in [9.17, 15) is 4.79 Å². The first kappa shape index (κ1) is 16.1. The number of halogens is 2. The highest BCUT2D eigenvalue weighted by atomic mass is 35.5. The first-order valence-corrected chi connectivity index (χ1v) is 7.71. The molecular formula is C15H17Cl2N3O. The number of hydrogen-bond acceptors (Lipinski definition) is 3. The van der Waals surface area contributed by atoms with Crippen LogP contribution in [0, 0.1) is 17.2 Å². The van der Waals surface area contributed by atoms with Crippen molar-refractivity contribution in [1.29, 1.82) is 5.26 Å². The zero-order valence-corrected chi connectivity index (χ0v) is 13.1. The average Bonchev–Trinajstić information content (AvgIpc) is 2.48. The highest BCUT2D eigenvalue weighted by molar-refractivity contribution is 6.36. The molecule has 1 N–H and O–H groups in total. The smallest absolute Gasteiger partial charge is 0.228 e. The maximum absolute atomic E-state index is 12.3. The summed E-state index contributed by atoms with van der Waals surface area (Å²) in [5, 5.41) is 12.5. The minimum atomic E-state index is -0.0656. The van der Waals surface area contributed by atoms with Crippen molar-refractivity contribution in [2.45, 2.75) is 19.3 Å². The molecule has 1 aliphatic heterocycles. The molecule has 0 bridgehead atoms. The second kappa shape index (κ2) is 7.65. The zero-order chi connectivity index (χ0) is 15.2. The molecule has 0 aromatic heterocycles. The Balaban J connectivity index is 1.95. The van der Waals surface area contributed by atoms with Gasteiger partial charge in [-0.2, -0.15) is 5.26 Å². The van der Waals surface area contributed by atoms with E-state index in [0.29, 0.717) is 28.7 Å². The number of likely N-dealkylation sites (tertiary alicyclic amines) is 1. The summed E-state index contributed by atoms with van der Waals surface area (Å²) in [6.07, 6.45) is 2.33. The van der Waals surface area contributed by atoms with Crippen LogP contribution in [0.2, 0.25) is 10.0 Å². The number of nitriles is 1. The number of nitrogens with zero attached hydrogens (tertiary/aromatic N) is 2. The van der Waals surface area contributed by atoms with Gasteiger partial charge in [-0.25, -0.2) is 0 Å². The average molecular weight is 326 g/mol. The SMILES string of the molecule is N#CCCN1CCCC(C(=O)Nc2ccc(Cl)cc2Cl)C1. The number of nitrogens with one attached hydrogen (secondary N) is 1. The quantitative estimate of drug-likeness (QED) is 0.920. The lowest BCUT2D eigenvalue weighted by atomic mass is 9.97. The maximum Gasteiger partial charge on any atom is 0.228 e. The van der Waals surface area contributed by atoms with Crippen LogP contribution in [0.1, 0.15) is 19.3 Å². The molecule has 1 atom stereocenters. The second-order valence-electron chi connectivity index (χ2n) is 5.16. The molecule has 0 radical (unpaired) electrons. The molecule has 1 fully saturated rings. The predicted molar refractivity (Wildman–Crippen MR) is 84.5 cm³/mol. The Kier molecular flexibility index (Phi) is 5.86. The van der Waals surface area contributed by atoms with Crippen LogP contribution < -0.4 is 5.32 Å². The highest BCUT2D eigenvalue weighted by Gasteiger charge is 2.25. The number of hydrogen-bond donors (Lipinski definition) is 1. The Morgan fingerprint density at radius 1 is 1.48 bits per heavy atom. The molecule has 0 spiro atoms. The minimum absolute atomic E-state index is 0.0270. The van der Waals surface area contributed by atoms with E-state index in [-0.39, 0.29) is 11.8 Å². The number of carbonyl (C=O) groups excluding carboxylic acids is 1. The van der Waals surface area contributed by atoms with Crippen molar-refractivity contribution in [1.82, 2.24) is 4.90 Å². The molecule has 1 amide bonds. The monoisotopic (exact) mass is 325 g/mol. The Bertz CT molecular complexity index is 556. The Labute approximate surface area is 134 Å². The van der Waals surface area contributed by atoms with Gasteiger partial charge in [0, 0.05) is 24.5 Å². The first-order chi connectivity index (χ1) is 10.1. The van der Waals surface area contributed by atoms with E-state index in [2.05, 4.69) is 16.3 Å². The summed E-state index contributed by atoms with van der Waals surface area (Å²) < 4.78 is 0. The summed E-state index contributed by atoms with van der Waals surface area (Å²) in [5.41, 5.74) is 0.584. The van der Waals surface area contributed by atoms with E-state index >= 15 is 0 Å². The normalized spacial score (nSPS) is 19.0. The van der Waals surface area contributed by atoms with Gasteiger partial charge >= 0.3 is 0 Å². The van der Waals surface area contributed by atoms with Crippen LogP contribution in [0.25, 0.3) is 0 Å². The molecule has 1 aliphatic rings. The number of amides is 1. The van der Waals surface area contributed by atoms with Gasteiger partial charge in [0.1, 0.15) is 0 Å². The molecule has 1 heterocycles. The van der Waals surface area contributed by atoms with Crippen LogP contribution in [0.15, 0.2) is 18.2 Å². The summed E-state index contributed by atoms with van der Waals surface area (Å²) in [7, 11) is 0. The molecule has 21 heavy (non-hydrogen) atoms. The molecule has 0 saturated carbocycles. The fraction of sp³-hybridized carbons (Fsp3) is 0.467. The van der Waals surface area contributed by atoms with E-state index < -0.39 is 0 Å². The van der Waals surface area contributed by atoms with Crippen LogP contribution in [0.5, 0.6) is 0 Å². The van der Waals surface area contributed by atoms with E-state index in [1.165, 1.54) is 0 Å². The summed E-state index contributed by atoms with van der Waals surface area (Å²) in [6.45, 7) is 2.37. The number of benzene rings is 1. The van der Waals surface area contributed by atoms with Gasteiger partial charge in [0.05, 0.1) is 22.7 Å². The molecular weight excluding hydrogens is 309 g/mol. The third kappa shape index (κ3) is 4.60. The zero-order valence-electron chi connectivity index (χ0n) is 11.6. The molecule has 1 aromatic rings. The fourth-order valence-electron chi connectivity index (χ4n) is 2.51. The number of carbonyl (C=O) groups is 1. The summed E-state index contributed by atoms with van der Waals surface area (Å²) in [4.78, 5) is 14.5. The van der Waals surface area contributed by atoms with E-state index in [1.54, 1.807) is 18.2 Å². The predicted octanol–water partition coefficient (Wildman–Crippen LogP) is 3.56. The van der Waals surface area contributed by atoms with Crippen molar-refractivity contribution in [2.75, 3.05) is 25.0 Å². The van der Waals surface area contributed by atoms with Crippen molar-refractivity contribution in [3.05, 3.63) is 28.2 Å². The molecule has 2 rings (SSSR count). The lowest BCUT2D eigenvalue weighted by Gasteiger charge is -2.31. The largest absolute Gasteiger partial charge is 0.324 e. The van der Waals surface area contributed by atoms with Crippen molar-refractivity contribution >= 4 is 34.8 Å². The van der Waals surface area contributed by atoms with Crippen LogP contribution >= 0.6 is 23.2 Å². The number of rotatable bonds is 4. The van der Waals surface area contributed by atoms with Gasteiger partial charge in [0.15, 0.2) is 0 Å².